The Kier molecular flexibility index (Phi) is 6.32. The summed E-state index contributed by atoms with van der Waals surface area (Å²) in [5.41, 5.74) is 1.10. The van der Waals surface area contributed by atoms with Crippen LogP contribution in [0.15, 0.2) is 30.3 Å². The van der Waals surface area contributed by atoms with Crippen LogP contribution in [0.3, 0.4) is 0 Å². The number of piperidine rings is 1. The lowest BCUT2D eigenvalue weighted by Gasteiger charge is -2.32. The third kappa shape index (κ3) is 5.05. The number of sulfonamides is 1. The van der Waals surface area contributed by atoms with Gasteiger partial charge in [-0.3, -0.25) is 4.79 Å². The topological polar surface area (TPSA) is 69.7 Å². The van der Waals surface area contributed by atoms with E-state index >= 15 is 0 Å². The van der Waals surface area contributed by atoms with Gasteiger partial charge in [0.25, 0.3) is 0 Å². The number of rotatable bonds is 6. The molecule has 0 radical (unpaired) electrons. The number of carbonyl (C=O) groups excluding carboxylic acids is 1. The minimum absolute atomic E-state index is 0.0357. The Morgan fingerprint density at radius 1 is 1.15 bits per heavy atom. The van der Waals surface area contributed by atoms with Crippen LogP contribution in [-0.2, 0) is 14.8 Å². The Balaban J connectivity index is 1.68. The Morgan fingerprint density at radius 2 is 1.85 bits per heavy atom. The average molecular weight is 380 g/mol. The highest BCUT2D eigenvalue weighted by Crippen LogP contribution is 2.22. The number of carbonyl (C=O) groups is 1. The molecule has 0 aromatic heterocycles. The van der Waals surface area contributed by atoms with Crippen LogP contribution < -0.4 is 5.32 Å². The summed E-state index contributed by atoms with van der Waals surface area (Å²) >= 11 is 0. The predicted octanol–water partition coefficient (Wildman–Crippen LogP) is 1.61. The molecule has 1 aromatic carbocycles. The van der Waals surface area contributed by atoms with E-state index in [-0.39, 0.29) is 24.4 Å². The predicted molar refractivity (Wildman–Crippen MR) is 102 cm³/mol. The molecule has 2 aliphatic heterocycles. The Morgan fingerprint density at radius 3 is 2.50 bits per heavy atom. The van der Waals surface area contributed by atoms with Gasteiger partial charge >= 0.3 is 0 Å². The molecule has 144 valence electrons. The average Bonchev–Trinajstić information content (AvgIpc) is 3.14. The lowest BCUT2D eigenvalue weighted by molar-refractivity contribution is -0.127. The summed E-state index contributed by atoms with van der Waals surface area (Å²) in [6.07, 6.45) is 5.10. The van der Waals surface area contributed by atoms with Gasteiger partial charge in [0, 0.05) is 19.6 Å². The van der Waals surface area contributed by atoms with E-state index in [4.69, 9.17) is 0 Å². The summed E-state index contributed by atoms with van der Waals surface area (Å²) in [6, 6.07) is 9.99. The van der Waals surface area contributed by atoms with Crippen LogP contribution in [0, 0.1) is 5.92 Å². The number of nitrogens with zero attached hydrogens (tertiary/aromatic N) is 2. The van der Waals surface area contributed by atoms with Crippen molar-refractivity contribution in [3.05, 3.63) is 35.9 Å². The molecule has 0 bridgehead atoms. The SMILES string of the molecule is CS(=O)(=O)N1CCCC(C(=O)NC(CN2CCCC2)c2ccccc2)C1. The molecule has 2 atom stereocenters. The highest BCUT2D eigenvalue weighted by molar-refractivity contribution is 7.88. The molecule has 6 nitrogen and oxygen atoms in total. The van der Waals surface area contributed by atoms with Crippen LogP contribution in [0.25, 0.3) is 0 Å². The third-order valence-corrected chi connectivity index (χ3v) is 6.65. The van der Waals surface area contributed by atoms with Gasteiger partial charge in [-0.1, -0.05) is 30.3 Å². The lowest BCUT2D eigenvalue weighted by atomic mass is 9.97. The maximum atomic E-state index is 12.9. The van der Waals surface area contributed by atoms with Crippen molar-refractivity contribution in [1.29, 1.82) is 0 Å². The van der Waals surface area contributed by atoms with Crippen LogP contribution in [0.1, 0.15) is 37.3 Å². The highest BCUT2D eigenvalue weighted by atomic mass is 32.2. The molecular formula is C19H29N3O3S. The summed E-state index contributed by atoms with van der Waals surface area (Å²) in [5.74, 6) is -0.310. The largest absolute Gasteiger partial charge is 0.348 e. The van der Waals surface area contributed by atoms with E-state index in [1.807, 2.05) is 30.3 Å². The van der Waals surface area contributed by atoms with Crippen LogP contribution in [-0.4, -0.2) is 62.5 Å². The van der Waals surface area contributed by atoms with Crippen LogP contribution >= 0.6 is 0 Å². The second-order valence-electron chi connectivity index (χ2n) is 7.44. The molecule has 2 saturated heterocycles. The van der Waals surface area contributed by atoms with Crippen molar-refractivity contribution >= 4 is 15.9 Å². The first-order valence-electron chi connectivity index (χ1n) is 9.46. The first-order valence-corrected chi connectivity index (χ1v) is 11.3. The molecular weight excluding hydrogens is 350 g/mol. The van der Waals surface area contributed by atoms with Crippen molar-refractivity contribution in [3.63, 3.8) is 0 Å². The molecule has 0 saturated carbocycles. The third-order valence-electron chi connectivity index (χ3n) is 5.38. The quantitative estimate of drug-likeness (QED) is 0.815. The van der Waals surface area contributed by atoms with Gasteiger partial charge in [0.2, 0.25) is 15.9 Å². The van der Waals surface area contributed by atoms with Gasteiger partial charge < -0.3 is 10.2 Å². The van der Waals surface area contributed by atoms with Crippen LogP contribution in [0.2, 0.25) is 0 Å². The number of hydrogen-bond acceptors (Lipinski definition) is 4. The van der Waals surface area contributed by atoms with Crippen LogP contribution in [0.5, 0.6) is 0 Å². The molecule has 2 unspecified atom stereocenters. The Hall–Kier alpha value is -1.44. The number of likely N-dealkylation sites (tertiary alicyclic amines) is 1. The maximum absolute atomic E-state index is 12.9. The zero-order chi connectivity index (χ0) is 18.6. The summed E-state index contributed by atoms with van der Waals surface area (Å²) in [5, 5.41) is 3.20. The number of hydrogen-bond donors (Lipinski definition) is 1. The summed E-state index contributed by atoms with van der Waals surface area (Å²) in [7, 11) is -3.25. The fraction of sp³-hybridized carbons (Fsp3) is 0.632. The molecule has 3 rings (SSSR count). The molecule has 2 fully saturated rings. The molecule has 26 heavy (non-hydrogen) atoms. The van der Waals surface area contributed by atoms with Gasteiger partial charge in [-0.05, 0) is 44.3 Å². The zero-order valence-electron chi connectivity index (χ0n) is 15.4. The minimum Gasteiger partial charge on any atom is -0.348 e. The molecule has 1 N–H and O–H groups in total. The van der Waals surface area contributed by atoms with Gasteiger partial charge in [0.1, 0.15) is 0 Å². The monoisotopic (exact) mass is 379 g/mol. The summed E-state index contributed by atoms with van der Waals surface area (Å²) < 4.78 is 25.1. The Bertz CT molecular complexity index is 702. The molecule has 1 aromatic rings. The highest BCUT2D eigenvalue weighted by Gasteiger charge is 2.31. The lowest BCUT2D eigenvalue weighted by Crippen LogP contribution is -2.47. The molecule has 0 spiro atoms. The molecule has 2 heterocycles. The second kappa shape index (κ2) is 8.50. The van der Waals surface area contributed by atoms with Crippen LogP contribution in [0.4, 0.5) is 0 Å². The second-order valence-corrected chi connectivity index (χ2v) is 9.42. The fourth-order valence-electron chi connectivity index (χ4n) is 3.89. The van der Waals surface area contributed by atoms with E-state index in [2.05, 4.69) is 10.2 Å². The molecule has 1 amide bonds. The number of benzene rings is 1. The maximum Gasteiger partial charge on any atom is 0.224 e. The summed E-state index contributed by atoms with van der Waals surface area (Å²) in [6.45, 7) is 3.75. The standard InChI is InChI=1S/C19H29N3O3S/c1-26(24,25)22-13-7-10-17(14-22)19(23)20-18(15-21-11-5-6-12-21)16-8-3-2-4-9-16/h2-4,8-9,17-18H,5-7,10-15H2,1H3,(H,20,23). The van der Waals surface area contributed by atoms with E-state index in [1.54, 1.807) is 0 Å². The van der Waals surface area contributed by atoms with Crippen molar-refractivity contribution in [3.8, 4) is 0 Å². The van der Waals surface area contributed by atoms with Gasteiger partial charge in [0.15, 0.2) is 0 Å². The van der Waals surface area contributed by atoms with Gasteiger partial charge in [0.05, 0.1) is 18.2 Å². The van der Waals surface area contributed by atoms with Crippen molar-refractivity contribution in [2.75, 3.05) is 39.0 Å². The molecule has 2 aliphatic rings. The van der Waals surface area contributed by atoms with Crippen molar-refractivity contribution < 1.29 is 13.2 Å². The van der Waals surface area contributed by atoms with Crippen molar-refractivity contribution in [1.82, 2.24) is 14.5 Å². The van der Waals surface area contributed by atoms with E-state index in [0.29, 0.717) is 6.54 Å². The van der Waals surface area contributed by atoms with Crippen molar-refractivity contribution in [2.45, 2.75) is 31.7 Å². The van der Waals surface area contributed by atoms with Gasteiger partial charge in [-0.25, -0.2) is 12.7 Å². The van der Waals surface area contributed by atoms with Gasteiger partial charge in [-0.15, -0.1) is 0 Å². The summed E-state index contributed by atoms with van der Waals surface area (Å²) in [4.78, 5) is 15.3. The van der Waals surface area contributed by atoms with E-state index in [9.17, 15) is 13.2 Å². The molecule has 7 heteroatoms. The zero-order valence-corrected chi connectivity index (χ0v) is 16.2. The van der Waals surface area contributed by atoms with E-state index in [1.165, 1.54) is 23.4 Å². The fourth-order valence-corrected chi connectivity index (χ4v) is 4.80. The first kappa shape index (κ1) is 19.3. The van der Waals surface area contributed by atoms with E-state index < -0.39 is 10.0 Å². The molecule has 0 aliphatic carbocycles. The number of nitrogens with one attached hydrogen (secondary N) is 1. The smallest absolute Gasteiger partial charge is 0.224 e. The van der Waals surface area contributed by atoms with Crippen molar-refractivity contribution in [2.24, 2.45) is 5.92 Å². The number of amides is 1. The van der Waals surface area contributed by atoms with Gasteiger partial charge in [-0.2, -0.15) is 0 Å². The first-order chi connectivity index (χ1) is 12.4. The Labute approximate surface area is 156 Å². The van der Waals surface area contributed by atoms with E-state index in [0.717, 1.165) is 38.0 Å². The normalized spacial score (nSPS) is 23.7. The minimum atomic E-state index is -3.25.